The molecule has 2 nitrogen and oxygen atoms in total. The lowest BCUT2D eigenvalue weighted by molar-refractivity contribution is -0.185. The highest BCUT2D eigenvalue weighted by Gasteiger charge is 2.45. The van der Waals surface area contributed by atoms with Gasteiger partial charge in [0.15, 0.2) is 0 Å². The Hall–Kier alpha value is -1.52. The largest absolute Gasteiger partial charge is 0.507 e. The molecule has 5 heteroatoms. The molecule has 0 aromatic heterocycles. The van der Waals surface area contributed by atoms with Gasteiger partial charge >= 0.3 is 6.18 Å². The van der Waals surface area contributed by atoms with Crippen molar-refractivity contribution < 1.29 is 18.3 Å². The van der Waals surface area contributed by atoms with Gasteiger partial charge in [-0.1, -0.05) is 25.0 Å². The standard InChI is InChI=1S/C15H18F3NO/c1-10-5-4-6-11(14(10)20)9-19-13-8-3-2-7-12(13)15(16,17)18/h4-6,9,12-13,20H,2-3,7-8H2,1H3. The van der Waals surface area contributed by atoms with Gasteiger partial charge < -0.3 is 5.11 Å². The fraction of sp³-hybridized carbons (Fsp3) is 0.533. The maximum Gasteiger partial charge on any atom is 0.393 e. The molecule has 0 heterocycles. The summed E-state index contributed by atoms with van der Waals surface area (Å²) < 4.78 is 38.8. The first-order valence-electron chi connectivity index (χ1n) is 6.78. The zero-order valence-electron chi connectivity index (χ0n) is 11.3. The Labute approximate surface area is 116 Å². The maximum atomic E-state index is 12.9. The van der Waals surface area contributed by atoms with Gasteiger partial charge in [-0.05, 0) is 31.4 Å². The number of phenols is 1. The predicted molar refractivity (Wildman–Crippen MR) is 72.2 cm³/mol. The number of aryl methyl sites for hydroxylation is 1. The molecule has 1 aliphatic carbocycles. The molecule has 2 rings (SSSR count). The molecule has 1 aromatic carbocycles. The normalized spacial score (nSPS) is 24.2. The number of hydrogen-bond acceptors (Lipinski definition) is 2. The summed E-state index contributed by atoms with van der Waals surface area (Å²) in [5, 5.41) is 9.84. The van der Waals surface area contributed by atoms with Crippen molar-refractivity contribution in [1.82, 2.24) is 0 Å². The summed E-state index contributed by atoms with van der Waals surface area (Å²) in [4.78, 5) is 4.10. The van der Waals surface area contributed by atoms with Crippen molar-refractivity contribution in [3.63, 3.8) is 0 Å². The van der Waals surface area contributed by atoms with Crippen molar-refractivity contribution in [3.05, 3.63) is 29.3 Å². The van der Waals surface area contributed by atoms with E-state index < -0.39 is 18.1 Å². The van der Waals surface area contributed by atoms with Gasteiger partial charge in [0.2, 0.25) is 0 Å². The van der Waals surface area contributed by atoms with Crippen molar-refractivity contribution in [2.45, 2.75) is 44.8 Å². The van der Waals surface area contributed by atoms with E-state index in [4.69, 9.17) is 0 Å². The van der Waals surface area contributed by atoms with Crippen LogP contribution < -0.4 is 0 Å². The zero-order chi connectivity index (χ0) is 14.8. The minimum Gasteiger partial charge on any atom is -0.507 e. The van der Waals surface area contributed by atoms with Crippen molar-refractivity contribution in [2.75, 3.05) is 0 Å². The van der Waals surface area contributed by atoms with E-state index in [9.17, 15) is 18.3 Å². The lowest BCUT2D eigenvalue weighted by Crippen LogP contribution is -2.35. The Bertz CT molecular complexity index is 496. The van der Waals surface area contributed by atoms with Gasteiger partial charge in [-0.25, -0.2) is 0 Å². The monoisotopic (exact) mass is 285 g/mol. The van der Waals surface area contributed by atoms with Crippen molar-refractivity contribution in [1.29, 1.82) is 0 Å². The number of nitrogens with zero attached hydrogens (tertiary/aromatic N) is 1. The van der Waals surface area contributed by atoms with Crippen molar-refractivity contribution >= 4 is 6.21 Å². The summed E-state index contributed by atoms with van der Waals surface area (Å²) in [7, 11) is 0. The summed E-state index contributed by atoms with van der Waals surface area (Å²) in [6.45, 7) is 1.74. The lowest BCUT2D eigenvalue weighted by Gasteiger charge is -2.30. The number of phenolic OH excluding ortho intramolecular Hbond substituents is 1. The molecule has 0 aliphatic heterocycles. The van der Waals surface area contributed by atoms with Crippen LogP contribution in [0.3, 0.4) is 0 Å². The molecule has 1 fully saturated rings. The predicted octanol–water partition coefficient (Wildman–Crippen LogP) is 4.24. The van der Waals surface area contributed by atoms with Gasteiger partial charge in [-0.3, -0.25) is 4.99 Å². The van der Waals surface area contributed by atoms with Crippen LogP contribution in [0.4, 0.5) is 13.2 Å². The van der Waals surface area contributed by atoms with Gasteiger partial charge in [-0.15, -0.1) is 0 Å². The second kappa shape index (κ2) is 5.85. The topological polar surface area (TPSA) is 32.6 Å². The molecule has 1 aromatic rings. The average molecular weight is 285 g/mol. The summed E-state index contributed by atoms with van der Waals surface area (Å²) in [6, 6.07) is 4.41. The second-order valence-corrected chi connectivity index (χ2v) is 5.29. The number of hydrogen-bond donors (Lipinski definition) is 1. The number of rotatable bonds is 2. The van der Waals surface area contributed by atoms with E-state index in [0.717, 1.165) is 6.42 Å². The fourth-order valence-corrected chi connectivity index (χ4v) is 2.63. The van der Waals surface area contributed by atoms with Crippen LogP contribution in [0.5, 0.6) is 5.75 Å². The third kappa shape index (κ3) is 3.32. The molecule has 0 bridgehead atoms. The first kappa shape index (κ1) is 14.9. The molecule has 0 saturated heterocycles. The SMILES string of the molecule is Cc1cccc(C=NC2CCCCC2C(F)(F)F)c1O. The summed E-state index contributed by atoms with van der Waals surface area (Å²) in [5.41, 5.74) is 1.15. The molecule has 0 radical (unpaired) electrons. The van der Waals surface area contributed by atoms with Crippen LogP contribution in [0.2, 0.25) is 0 Å². The quantitative estimate of drug-likeness (QED) is 0.810. The second-order valence-electron chi connectivity index (χ2n) is 5.29. The van der Waals surface area contributed by atoms with Crippen molar-refractivity contribution in [2.24, 2.45) is 10.9 Å². The highest BCUT2D eigenvalue weighted by Crippen LogP contribution is 2.39. The summed E-state index contributed by atoms with van der Waals surface area (Å²) >= 11 is 0. The minimum atomic E-state index is -4.20. The van der Waals surface area contributed by atoms with E-state index in [1.165, 1.54) is 6.21 Å². The van der Waals surface area contributed by atoms with E-state index in [0.29, 0.717) is 24.0 Å². The number of aromatic hydroxyl groups is 1. The number of alkyl halides is 3. The number of aliphatic imine (C=N–C) groups is 1. The van der Waals surface area contributed by atoms with Crippen LogP contribution >= 0.6 is 0 Å². The molecular formula is C15H18F3NO. The Kier molecular flexibility index (Phi) is 4.35. The molecule has 0 spiro atoms. The van der Waals surface area contributed by atoms with E-state index in [-0.39, 0.29) is 12.2 Å². The Morgan fingerprint density at radius 2 is 1.95 bits per heavy atom. The van der Waals surface area contributed by atoms with E-state index >= 15 is 0 Å². The molecule has 1 aliphatic rings. The van der Waals surface area contributed by atoms with Gasteiger partial charge in [0, 0.05) is 11.8 Å². The summed E-state index contributed by atoms with van der Waals surface area (Å²) in [5.74, 6) is -1.28. The van der Waals surface area contributed by atoms with Gasteiger partial charge in [0.25, 0.3) is 0 Å². The molecule has 110 valence electrons. The molecule has 2 atom stereocenters. The number of halogens is 3. The molecular weight excluding hydrogens is 267 g/mol. The molecule has 2 unspecified atom stereocenters. The van der Waals surface area contributed by atoms with Gasteiger partial charge in [0.05, 0.1) is 12.0 Å². The van der Waals surface area contributed by atoms with Crippen LogP contribution in [0.15, 0.2) is 23.2 Å². The smallest absolute Gasteiger partial charge is 0.393 e. The fourth-order valence-electron chi connectivity index (χ4n) is 2.63. The molecule has 0 amide bonds. The average Bonchev–Trinajstić information content (AvgIpc) is 2.40. The highest BCUT2D eigenvalue weighted by atomic mass is 19.4. The zero-order valence-corrected chi connectivity index (χ0v) is 11.3. The maximum absolute atomic E-state index is 12.9. The van der Waals surface area contributed by atoms with E-state index in [2.05, 4.69) is 4.99 Å². The third-order valence-electron chi connectivity index (χ3n) is 3.82. The minimum absolute atomic E-state index is 0.0793. The Morgan fingerprint density at radius 1 is 1.25 bits per heavy atom. The number of para-hydroxylation sites is 1. The van der Waals surface area contributed by atoms with E-state index in [1.54, 1.807) is 25.1 Å². The third-order valence-corrected chi connectivity index (χ3v) is 3.82. The lowest BCUT2D eigenvalue weighted by atomic mass is 9.84. The van der Waals surface area contributed by atoms with Gasteiger partial charge in [0.1, 0.15) is 5.75 Å². The molecule has 1 N–H and O–H groups in total. The Morgan fingerprint density at radius 3 is 2.65 bits per heavy atom. The highest BCUT2D eigenvalue weighted by molar-refractivity contribution is 5.84. The van der Waals surface area contributed by atoms with Crippen LogP contribution in [-0.4, -0.2) is 23.5 Å². The van der Waals surface area contributed by atoms with Crippen LogP contribution in [0.25, 0.3) is 0 Å². The van der Waals surface area contributed by atoms with Crippen LogP contribution in [0, 0.1) is 12.8 Å². The van der Waals surface area contributed by atoms with Crippen LogP contribution in [0.1, 0.15) is 36.8 Å². The van der Waals surface area contributed by atoms with Crippen LogP contribution in [-0.2, 0) is 0 Å². The first-order chi connectivity index (χ1) is 9.39. The van der Waals surface area contributed by atoms with Crippen molar-refractivity contribution in [3.8, 4) is 5.75 Å². The number of benzene rings is 1. The molecule has 1 saturated carbocycles. The summed E-state index contributed by atoms with van der Waals surface area (Å²) in [6.07, 6.45) is -0.854. The van der Waals surface area contributed by atoms with Gasteiger partial charge in [-0.2, -0.15) is 13.2 Å². The first-order valence-corrected chi connectivity index (χ1v) is 6.78. The molecule has 20 heavy (non-hydrogen) atoms. The Balaban J connectivity index is 2.18. The van der Waals surface area contributed by atoms with E-state index in [1.807, 2.05) is 0 Å².